The van der Waals surface area contributed by atoms with Gasteiger partial charge < -0.3 is 10.4 Å². The Balaban J connectivity index is 4.28. The third-order valence-corrected chi connectivity index (χ3v) is 3.18. The summed E-state index contributed by atoms with van der Waals surface area (Å²) in [5.74, 6) is 0.355. The smallest absolute Gasteiger partial charge is 0.225 e. The average Bonchev–Trinajstić information content (AvgIpc) is 2.14. The van der Waals surface area contributed by atoms with Crippen molar-refractivity contribution in [2.45, 2.75) is 41.5 Å². The highest BCUT2D eigenvalue weighted by Gasteiger charge is 2.31. The van der Waals surface area contributed by atoms with Gasteiger partial charge in [0.25, 0.3) is 0 Å². The Morgan fingerprint density at radius 2 is 1.73 bits per heavy atom. The van der Waals surface area contributed by atoms with E-state index in [2.05, 4.69) is 5.32 Å². The van der Waals surface area contributed by atoms with Crippen LogP contribution >= 0.6 is 0 Å². The average molecular weight is 215 g/mol. The lowest BCUT2D eigenvalue weighted by Crippen LogP contribution is -2.44. The normalized spacial score (nSPS) is 13.1. The Bertz CT molecular complexity index is 220. The number of nitrogens with one attached hydrogen (secondary N) is 1. The van der Waals surface area contributed by atoms with Gasteiger partial charge in [-0.2, -0.15) is 0 Å². The Hall–Kier alpha value is -0.570. The summed E-state index contributed by atoms with van der Waals surface area (Å²) < 4.78 is 0. The monoisotopic (exact) mass is 215 g/mol. The van der Waals surface area contributed by atoms with Crippen LogP contribution in [0.3, 0.4) is 0 Å². The molecule has 0 aromatic carbocycles. The molecule has 0 heterocycles. The predicted octanol–water partition coefficient (Wildman–Crippen LogP) is 1.80. The summed E-state index contributed by atoms with van der Waals surface area (Å²) in [5, 5.41) is 12.0. The molecule has 0 spiro atoms. The Labute approximate surface area is 93.3 Å². The summed E-state index contributed by atoms with van der Waals surface area (Å²) in [4.78, 5) is 11.9. The fraction of sp³-hybridized carbons (Fsp3) is 0.917. The fourth-order valence-corrected chi connectivity index (χ4v) is 0.865. The van der Waals surface area contributed by atoms with E-state index < -0.39 is 0 Å². The van der Waals surface area contributed by atoms with Gasteiger partial charge in [-0.3, -0.25) is 4.79 Å². The quantitative estimate of drug-likeness (QED) is 0.734. The van der Waals surface area contributed by atoms with Crippen LogP contribution in [-0.4, -0.2) is 24.2 Å². The van der Waals surface area contributed by atoms with Crippen LogP contribution in [0.5, 0.6) is 0 Å². The minimum absolute atomic E-state index is 0.0547. The van der Waals surface area contributed by atoms with Gasteiger partial charge in [-0.15, -0.1) is 0 Å². The van der Waals surface area contributed by atoms with Gasteiger partial charge >= 0.3 is 0 Å². The molecule has 3 heteroatoms. The molecule has 0 aliphatic heterocycles. The number of carbonyl (C=O) groups excluding carboxylic acids is 1. The maximum atomic E-state index is 11.9. The van der Waals surface area contributed by atoms with E-state index in [0.29, 0.717) is 12.5 Å². The van der Waals surface area contributed by atoms with E-state index in [4.69, 9.17) is 5.11 Å². The molecule has 15 heavy (non-hydrogen) atoms. The molecule has 0 fully saturated rings. The standard InChI is InChI=1S/C12H25NO2/c1-9(2)12(5,6)10(15)13-7-11(3,4)8-14/h9,14H,7-8H2,1-6H3,(H,13,15). The van der Waals surface area contributed by atoms with Crippen LogP contribution < -0.4 is 5.32 Å². The van der Waals surface area contributed by atoms with Crippen molar-refractivity contribution in [1.29, 1.82) is 0 Å². The first-order chi connectivity index (χ1) is 6.63. The summed E-state index contributed by atoms with van der Waals surface area (Å²) >= 11 is 0. The molecule has 0 aromatic heterocycles. The highest BCUT2D eigenvalue weighted by molar-refractivity contribution is 5.82. The van der Waals surface area contributed by atoms with Crippen molar-refractivity contribution in [2.24, 2.45) is 16.7 Å². The highest BCUT2D eigenvalue weighted by Crippen LogP contribution is 2.26. The summed E-state index contributed by atoms with van der Waals surface area (Å²) in [6, 6.07) is 0. The molecule has 3 nitrogen and oxygen atoms in total. The largest absolute Gasteiger partial charge is 0.396 e. The Morgan fingerprint density at radius 3 is 2.07 bits per heavy atom. The van der Waals surface area contributed by atoms with Gasteiger partial charge in [0, 0.05) is 24.0 Å². The van der Waals surface area contributed by atoms with Gasteiger partial charge in [-0.1, -0.05) is 41.5 Å². The van der Waals surface area contributed by atoms with Crippen molar-refractivity contribution in [3.05, 3.63) is 0 Å². The summed E-state index contributed by atoms with van der Waals surface area (Å²) in [7, 11) is 0. The van der Waals surface area contributed by atoms with E-state index in [1.165, 1.54) is 0 Å². The summed E-state index contributed by atoms with van der Waals surface area (Å²) in [6.45, 7) is 12.4. The minimum Gasteiger partial charge on any atom is -0.396 e. The first kappa shape index (κ1) is 14.4. The lowest BCUT2D eigenvalue weighted by molar-refractivity contribution is -0.132. The van der Waals surface area contributed by atoms with Gasteiger partial charge in [-0.25, -0.2) is 0 Å². The topological polar surface area (TPSA) is 49.3 Å². The molecule has 0 aromatic rings. The van der Waals surface area contributed by atoms with Crippen molar-refractivity contribution in [2.75, 3.05) is 13.2 Å². The van der Waals surface area contributed by atoms with Crippen molar-refractivity contribution in [3.8, 4) is 0 Å². The lowest BCUT2D eigenvalue weighted by Gasteiger charge is -2.30. The number of amides is 1. The zero-order valence-electron chi connectivity index (χ0n) is 10.8. The molecule has 0 bridgehead atoms. The van der Waals surface area contributed by atoms with Crippen LogP contribution in [0.25, 0.3) is 0 Å². The third kappa shape index (κ3) is 4.20. The minimum atomic E-state index is -0.356. The van der Waals surface area contributed by atoms with Crippen LogP contribution in [0.15, 0.2) is 0 Å². The van der Waals surface area contributed by atoms with Crippen LogP contribution in [0.2, 0.25) is 0 Å². The molecule has 0 saturated carbocycles. The maximum Gasteiger partial charge on any atom is 0.225 e. The first-order valence-electron chi connectivity index (χ1n) is 5.52. The molecular weight excluding hydrogens is 190 g/mol. The second-order valence-electron chi connectivity index (χ2n) is 5.88. The van der Waals surface area contributed by atoms with E-state index in [1.807, 2.05) is 41.5 Å². The van der Waals surface area contributed by atoms with Crippen LogP contribution in [0, 0.1) is 16.7 Å². The van der Waals surface area contributed by atoms with Gasteiger partial charge in [0.15, 0.2) is 0 Å². The predicted molar refractivity (Wildman–Crippen MR) is 62.5 cm³/mol. The number of aliphatic hydroxyl groups excluding tert-OH is 1. The second-order valence-corrected chi connectivity index (χ2v) is 5.88. The second kappa shape index (κ2) is 4.97. The number of aliphatic hydroxyl groups is 1. The molecule has 0 saturated heterocycles. The van der Waals surface area contributed by atoms with Crippen LogP contribution in [0.1, 0.15) is 41.5 Å². The van der Waals surface area contributed by atoms with E-state index in [0.717, 1.165) is 0 Å². The number of carbonyl (C=O) groups is 1. The molecule has 0 rings (SSSR count). The van der Waals surface area contributed by atoms with Crippen LogP contribution in [-0.2, 0) is 4.79 Å². The number of hydrogen-bond acceptors (Lipinski definition) is 2. The molecular formula is C12H25NO2. The molecule has 1 amide bonds. The first-order valence-corrected chi connectivity index (χ1v) is 5.52. The van der Waals surface area contributed by atoms with E-state index in [1.54, 1.807) is 0 Å². The van der Waals surface area contributed by atoms with Gasteiger partial charge in [0.05, 0.1) is 0 Å². The van der Waals surface area contributed by atoms with E-state index in [9.17, 15) is 4.79 Å². The van der Waals surface area contributed by atoms with Crippen molar-refractivity contribution in [1.82, 2.24) is 5.32 Å². The lowest BCUT2D eigenvalue weighted by atomic mass is 9.80. The molecule has 0 atom stereocenters. The molecule has 0 unspecified atom stereocenters. The fourth-order valence-electron chi connectivity index (χ4n) is 0.865. The molecule has 90 valence electrons. The summed E-state index contributed by atoms with van der Waals surface area (Å²) in [5.41, 5.74) is -0.603. The Morgan fingerprint density at radius 1 is 1.27 bits per heavy atom. The van der Waals surface area contributed by atoms with E-state index in [-0.39, 0.29) is 23.3 Å². The highest BCUT2D eigenvalue weighted by atomic mass is 16.3. The Kier molecular flexibility index (Phi) is 4.78. The van der Waals surface area contributed by atoms with Gasteiger partial charge in [0.1, 0.15) is 0 Å². The molecule has 2 N–H and O–H groups in total. The van der Waals surface area contributed by atoms with Crippen molar-refractivity contribution < 1.29 is 9.90 Å². The van der Waals surface area contributed by atoms with Gasteiger partial charge in [0.2, 0.25) is 5.91 Å². The molecule has 0 radical (unpaired) electrons. The van der Waals surface area contributed by atoms with Crippen molar-refractivity contribution >= 4 is 5.91 Å². The third-order valence-electron chi connectivity index (χ3n) is 3.18. The molecule has 0 aliphatic rings. The van der Waals surface area contributed by atoms with Gasteiger partial charge in [-0.05, 0) is 5.92 Å². The van der Waals surface area contributed by atoms with Crippen molar-refractivity contribution in [3.63, 3.8) is 0 Å². The number of rotatable bonds is 5. The summed E-state index contributed by atoms with van der Waals surface area (Å²) in [6.07, 6.45) is 0. The number of hydrogen-bond donors (Lipinski definition) is 2. The maximum absolute atomic E-state index is 11.9. The zero-order valence-corrected chi connectivity index (χ0v) is 10.8. The van der Waals surface area contributed by atoms with E-state index >= 15 is 0 Å². The van der Waals surface area contributed by atoms with Crippen LogP contribution in [0.4, 0.5) is 0 Å². The zero-order chi connectivity index (χ0) is 12.3. The molecule has 0 aliphatic carbocycles. The SMILES string of the molecule is CC(C)C(C)(C)C(=O)NCC(C)(C)CO.